The van der Waals surface area contributed by atoms with E-state index in [1.165, 1.54) is 22.3 Å². The standard InChI is InChI=1S/C31H36N4O3/c1-19-7-9-23-16-35(18-31(4,5)38-28(23)13-19)17-24-14-22(10-8-20(24)2)26(15-29(36)37)25-11-12-27-30(21(25)3)32-33-34(27)6/h7-14,26H,15-18H2,1-6H3,(H,36,37)/t26-/m1/s1. The van der Waals surface area contributed by atoms with Gasteiger partial charge in [-0.25, -0.2) is 4.68 Å². The highest BCUT2D eigenvalue weighted by molar-refractivity contribution is 5.80. The van der Waals surface area contributed by atoms with Gasteiger partial charge in [-0.15, -0.1) is 5.10 Å². The van der Waals surface area contributed by atoms with Gasteiger partial charge in [0.25, 0.3) is 0 Å². The van der Waals surface area contributed by atoms with E-state index in [0.29, 0.717) is 0 Å². The molecule has 38 heavy (non-hydrogen) atoms. The zero-order valence-corrected chi connectivity index (χ0v) is 23.1. The fourth-order valence-corrected chi connectivity index (χ4v) is 5.69. The highest BCUT2D eigenvalue weighted by Crippen LogP contribution is 2.35. The average Bonchev–Trinajstić information content (AvgIpc) is 3.16. The number of aryl methyl sites for hydroxylation is 4. The number of benzene rings is 3. The number of ether oxygens (including phenoxy) is 1. The van der Waals surface area contributed by atoms with Crippen molar-refractivity contribution < 1.29 is 14.6 Å². The first kappa shape index (κ1) is 25.9. The van der Waals surface area contributed by atoms with Crippen molar-refractivity contribution in [2.24, 2.45) is 7.05 Å². The lowest BCUT2D eigenvalue weighted by atomic mass is 9.84. The van der Waals surface area contributed by atoms with Crippen LogP contribution in [0.4, 0.5) is 0 Å². The van der Waals surface area contributed by atoms with E-state index >= 15 is 0 Å². The maximum absolute atomic E-state index is 12.0. The molecule has 1 aromatic heterocycles. The van der Waals surface area contributed by atoms with Gasteiger partial charge in [-0.3, -0.25) is 9.69 Å². The van der Waals surface area contributed by atoms with Gasteiger partial charge in [0, 0.05) is 38.2 Å². The fraction of sp³-hybridized carbons (Fsp3) is 0.387. The van der Waals surface area contributed by atoms with E-state index in [-0.39, 0.29) is 17.9 Å². The van der Waals surface area contributed by atoms with Crippen molar-refractivity contribution in [3.8, 4) is 5.75 Å². The minimum Gasteiger partial charge on any atom is -0.486 e. The Balaban J connectivity index is 1.50. The van der Waals surface area contributed by atoms with Crippen molar-refractivity contribution in [3.05, 3.63) is 87.5 Å². The number of hydrogen-bond donors (Lipinski definition) is 1. The number of rotatable bonds is 6. The smallest absolute Gasteiger partial charge is 0.304 e. The van der Waals surface area contributed by atoms with Gasteiger partial charge in [-0.2, -0.15) is 0 Å². The third-order valence-corrected chi connectivity index (χ3v) is 7.61. The third-order valence-electron chi connectivity index (χ3n) is 7.61. The number of carboxylic acids is 1. The van der Waals surface area contributed by atoms with Gasteiger partial charge in [-0.05, 0) is 80.1 Å². The number of nitrogens with zero attached hydrogens (tertiary/aromatic N) is 4. The average molecular weight is 513 g/mol. The molecule has 7 nitrogen and oxygen atoms in total. The Hall–Kier alpha value is -3.71. The molecule has 0 spiro atoms. The van der Waals surface area contributed by atoms with Crippen LogP contribution in [0.5, 0.6) is 5.75 Å². The van der Waals surface area contributed by atoms with Gasteiger partial charge < -0.3 is 9.84 Å². The van der Waals surface area contributed by atoms with E-state index in [1.54, 1.807) is 4.68 Å². The van der Waals surface area contributed by atoms with Crippen LogP contribution in [-0.4, -0.2) is 43.1 Å². The first-order valence-electron chi connectivity index (χ1n) is 13.1. The van der Waals surface area contributed by atoms with Crippen LogP contribution in [0.3, 0.4) is 0 Å². The topological polar surface area (TPSA) is 80.5 Å². The van der Waals surface area contributed by atoms with Crippen LogP contribution < -0.4 is 4.74 Å². The molecule has 1 N–H and O–H groups in total. The number of carbonyl (C=O) groups is 1. The molecule has 0 aliphatic carbocycles. The highest BCUT2D eigenvalue weighted by atomic mass is 16.5. The monoisotopic (exact) mass is 512 g/mol. The summed E-state index contributed by atoms with van der Waals surface area (Å²) in [4.78, 5) is 14.4. The summed E-state index contributed by atoms with van der Waals surface area (Å²) in [5.41, 5.74) is 9.13. The highest BCUT2D eigenvalue weighted by Gasteiger charge is 2.30. The molecule has 0 radical (unpaired) electrons. The van der Waals surface area contributed by atoms with E-state index in [9.17, 15) is 9.90 Å². The number of hydrogen-bond acceptors (Lipinski definition) is 5. The fourth-order valence-electron chi connectivity index (χ4n) is 5.69. The van der Waals surface area contributed by atoms with E-state index in [2.05, 4.69) is 79.3 Å². The van der Waals surface area contributed by atoms with Gasteiger partial charge in [0.15, 0.2) is 0 Å². The van der Waals surface area contributed by atoms with Crippen LogP contribution in [-0.2, 0) is 24.9 Å². The quantitative estimate of drug-likeness (QED) is 0.358. The van der Waals surface area contributed by atoms with Crippen molar-refractivity contribution in [2.75, 3.05) is 6.54 Å². The van der Waals surface area contributed by atoms with E-state index < -0.39 is 5.97 Å². The molecule has 2 heterocycles. The molecule has 0 fully saturated rings. The summed E-state index contributed by atoms with van der Waals surface area (Å²) in [7, 11) is 1.87. The second-order valence-electron chi connectivity index (χ2n) is 11.3. The summed E-state index contributed by atoms with van der Waals surface area (Å²) in [6.45, 7) is 12.8. The van der Waals surface area contributed by atoms with Crippen LogP contribution in [0.2, 0.25) is 0 Å². The Kier molecular flexibility index (Phi) is 6.73. The SMILES string of the molecule is Cc1ccc2c(c1)OC(C)(C)CN(Cc1cc([C@@H](CC(=O)O)c3ccc4c(nnn4C)c3C)ccc1C)C2. The molecule has 3 aromatic carbocycles. The molecule has 0 unspecified atom stereocenters. The first-order valence-corrected chi connectivity index (χ1v) is 13.1. The minimum atomic E-state index is -0.825. The summed E-state index contributed by atoms with van der Waals surface area (Å²) < 4.78 is 8.16. The third kappa shape index (κ3) is 5.16. The van der Waals surface area contributed by atoms with Gasteiger partial charge in [0.1, 0.15) is 16.9 Å². The molecule has 1 aliphatic heterocycles. The van der Waals surface area contributed by atoms with E-state index in [4.69, 9.17) is 4.74 Å². The molecule has 5 rings (SSSR count). The second-order valence-corrected chi connectivity index (χ2v) is 11.3. The molecule has 198 valence electrons. The minimum absolute atomic E-state index is 0.00637. The molecule has 0 saturated carbocycles. The first-order chi connectivity index (χ1) is 18.0. The normalized spacial score (nSPS) is 16.1. The summed E-state index contributed by atoms with van der Waals surface area (Å²) >= 11 is 0. The van der Waals surface area contributed by atoms with Crippen molar-refractivity contribution in [2.45, 2.75) is 65.6 Å². The largest absolute Gasteiger partial charge is 0.486 e. The van der Waals surface area contributed by atoms with Gasteiger partial charge in [-0.1, -0.05) is 41.6 Å². The van der Waals surface area contributed by atoms with Crippen LogP contribution in [0.15, 0.2) is 48.5 Å². The summed E-state index contributed by atoms with van der Waals surface area (Å²) in [5, 5.41) is 18.3. The summed E-state index contributed by atoms with van der Waals surface area (Å²) in [6.07, 6.45) is 0.00637. The Labute approximate surface area is 224 Å². The zero-order chi connectivity index (χ0) is 27.2. The van der Waals surface area contributed by atoms with Crippen molar-refractivity contribution >= 4 is 17.0 Å². The molecule has 4 aromatic rings. The molecular weight excluding hydrogens is 476 g/mol. The van der Waals surface area contributed by atoms with Gasteiger partial charge in [0.2, 0.25) is 0 Å². The molecule has 0 amide bonds. The number of fused-ring (bicyclic) bond motifs is 2. The predicted molar refractivity (Wildman–Crippen MR) is 149 cm³/mol. The Morgan fingerprint density at radius 3 is 2.66 bits per heavy atom. The van der Waals surface area contributed by atoms with E-state index in [1.807, 2.05) is 26.1 Å². The van der Waals surface area contributed by atoms with Crippen molar-refractivity contribution in [1.29, 1.82) is 0 Å². The maximum Gasteiger partial charge on any atom is 0.304 e. The van der Waals surface area contributed by atoms with Crippen LogP contribution in [0.1, 0.15) is 65.1 Å². The number of aliphatic carboxylic acids is 1. The lowest BCUT2D eigenvalue weighted by Gasteiger charge is -2.30. The molecule has 7 heteroatoms. The molecule has 1 atom stereocenters. The summed E-state index contributed by atoms with van der Waals surface area (Å²) in [6, 6.07) is 16.8. The summed E-state index contributed by atoms with van der Waals surface area (Å²) in [5.74, 6) is -0.153. The molecule has 1 aliphatic rings. The molecule has 0 bridgehead atoms. The predicted octanol–water partition coefficient (Wildman–Crippen LogP) is 5.67. The Bertz CT molecular complexity index is 1520. The number of carboxylic acid groups (broad SMARTS) is 1. The van der Waals surface area contributed by atoms with Crippen LogP contribution >= 0.6 is 0 Å². The zero-order valence-electron chi connectivity index (χ0n) is 23.1. The van der Waals surface area contributed by atoms with Gasteiger partial charge in [0.05, 0.1) is 11.9 Å². The number of aromatic nitrogens is 3. The second kappa shape index (κ2) is 9.87. The Morgan fingerprint density at radius 1 is 1.11 bits per heavy atom. The van der Waals surface area contributed by atoms with Crippen LogP contribution in [0.25, 0.3) is 11.0 Å². The maximum atomic E-state index is 12.0. The lowest BCUT2D eigenvalue weighted by Crippen LogP contribution is -2.40. The van der Waals surface area contributed by atoms with Crippen molar-refractivity contribution in [3.63, 3.8) is 0 Å². The molecule has 0 saturated heterocycles. The van der Waals surface area contributed by atoms with Gasteiger partial charge >= 0.3 is 5.97 Å². The van der Waals surface area contributed by atoms with Crippen molar-refractivity contribution in [1.82, 2.24) is 19.9 Å². The molecular formula is C31H36N4O3. The van der Waals surface area contributed by atoms with Crippen LogP contribution in [0, 0.1) is 20.8 Å². The lowest BCUT2D eigenvalue weighted by molar-refractivity contribution is -0.137. The van der Waals surface area contributed by atoms with E-state index in [0.717, 1.165) is 53.1 Å². The Morgan fingerprint density at radius 2 is 1.89 bits per heavy atom.